The van der Waals surface area contributed by atoms with Gasteiger partial charge in [0.1, 0.15) is 5.82 Å². The monoisotopic (exact) mass is 330 g/mol. The maximum Gasteiger partial charge on any atom is 0.178 e. The molecule has 0 atom stereocenters. The van der Waals surface area contributed by atoms with Crippen LogP contribution in [-0.4, -0.2) is 20.6 Å². The Morgan fingerprint density at radius 2 is 2.15 bits per heavy atom. The van der Waals surface area contributed by atoms with Crippen molar-refractivity contribution in [2.75, 3.05) is 6.26 Å². The molecule has 0 bridgehead atoms. The van der Waals surface area contributed by atoms with Gasteiger partial charge < -0.3 is 9.55 Å². The summed E-state index contributed by atoms with van der Waals surface area (Å²) in [5.41, 5.74) is 1.60. The molecule has 0 radical (unpaired) electrons. The minimum Gasteiger partial charge on any atom is -0.330 e. The van der Waals surface area contributed by atoms with E-state index in [-0.39, 0.29) is 9.77 Å². The van der Waals surface area contributed by atoms with E-state index < -0.39 is 5.82 Å². The van der Waals surface area contributed by atoms with Gasteiger partial charge in [0.25, 0.3) is 0 Å². The maximum atomic E-state index is 13.5. The number of benzene rings is 1. The number of fused-ring (bicyclic) bond motifs is 1. The van der Waals surface area contributed by atoms with Gasteiger partial charge in [-0.25, -0.2) is 4.39 Å². The average molecular weight is 331 g/mol. The van der Waals surface area contributed by atoms with Crippen LogP contribution in [0.4, 0.5) is 4.39 Å². The first-order chi connectivity index (χ1) is 9.54. The van der Waals surface area contributed by atoms with Crippen LogP contribution in [0, 0.1) is 10.6 Å². The van der Waals surface area contributed by atoms with E-state index in [1.54, 1.807) is 6.07 Å². The number of rotatable bonds is 3. The molecular formula is C14H16ClFN2S2. The molecule has 2 aromatic rings. The third-order valence-corrected chi connectivity index (χ3v) is 6.23. The highest BCUT2D eigenvalue weighted by Gasteiger charge is 2.34. The third-order valence-electron chi connectivity index (χ3n) is 4.21. The van der Waals surface area contributed by atoms with Crippen LogP contribution in [0.25, 0.3) is 11.0 Å². The highest BCUT2D eigenvalue weighted by atomic mass is 35.5. The molecule has 0 unspecified atom stereocenters. The van der Waals surface area contributed by atoms with E-state index in [4.69, 9.17) is 23.8 Å². The number of H-pyrrole nitrogens is 1. The van der Waals surface area contributed by atoms with Gasteiger partial charge >= 0.3 is 0 Å². The van der Waals surface area contributed by atoms with Gasteiger partial charge in [-0.1, -0.05) is 24.4 Å². The second kappa shape index (κ2) is 5.35. The van der Waals surface area contributed by atoms with Gasteiger partial charge in [0.2, 0.25) is 0 Å². The average Bonchev–Trinajstić information content (AvgIpc) is 2.99. The van der Waals surface area contributed by atoms with Crippen LogP contribution in [0.3, 0.4) is 0 Å². The topological polar surface area (TPSA) is 20.7 Å². The van der Waals surface area contributed by atoms with Crippen LogP contribution in [0.5, 0.6) is 0 Å². The molecule has 108 valence electrons. The molecule has 1 aromatic carbocycles. The van der Waals surface area contributed by atoms with Gasteiger partial charge in [0.15, 0.2) is 4.77 Å². The molecule has 0 spiro atoms. The van der Waals surface area contributed by atoms with Gasteiger partial charge in [-0.05, 0) is 37.4 Å². The minimum atomic E-state index is -0.414. The lowest BCUT2D eigenvalue weighted by Gasteiger charge is -2.27. The van der Waals surface area contributed by atoms with E-state index in [0.717, 1.165) is 12.1 Å². The van der Waals surface area contributed by atoms with Crippen LogP contribution >= 0.6 is 35.6 Å². The van der Waals surface area contributed by atoms with E-state index >= 15 is 0 Å². The number of aromatic amines is 1. The SMILES string of the molecule is CSC1(Cn2c(=S)[nH]c3cc(F)c(Cl)cc32)CCCC1. The van der Waals surface area contributed by atoms with E-state index in [9.17, 15) is 4.39 Å². The number of aromatic nitrogens is 2. The third kappa shape index (κ3) is 2.40. The number of nitrogens with zero attached hydrogens (tertiary/aromatic N) is 1. The normalized spacial score (nSPS) is 17.9. The Morgan fingerprint density at radius 3 is 2.80 bits per heavy atom. The van der Waals surface area contributed by atoms with Crippen molar-refractivity contribution in [3.8, 4) is 0 Å². The molecule has 0 amide bonds. The van der Waals surface area contributed by atoms with E-state index in [2.05, 4.69) is 15.8 Å². The summed E-state index contributed by atoms with van der Waals surface area (Å²) in [5, 5.41) is 0.143. The number of hydrogen-bond donors (Lipinski definition) is 1. The molecule has 1 aliphatic carbocycles. The highest BCUT2D eigenvalue weighted by Crippen LogP contribution is 2.42. The number of nitrogens with one attached hydrogen (secondary N) is 1. The summed E-state index contributed by atoms with van der Waals surface area (Å²) in [4.78, 5) is 3.08. The van der Waals surface area contributed by atoms with Crippen LogP contribution in [-0.2, 0) is 6.54 Å². The molecule has 1 fully saturated rings. The Bertz CT molecular complexity index is 701. The molecule has 20 heavy (non-hydrogen) atoms. The number of hydrogen-bond acceptors (Lipinski definition) is 2. The van der Waals surface area contributed by atoms with Crippen molar-refractivity contribution in [1.82, 2.24) is 9.55 Å². The van der Waals surface area contributed by atoms with E-state index in [1.807, 2.05) is 11.8 Å². The smallest absolute Gasteiger partial charge is 0.178 e. The zero-order valence-electron chi connectivity index (χ0n) is 11.2. The van der Waals surface area contributed by atoms with Crippen molar-refractivity contribution in [2.24, 2.45) is 0 Å². The summed E-state index contributed by atoms with van der Waals surface area (Å²) in [6.45, 7) is 0.856. The summed E-state index contributed by atoms with van der Waals surface area (Å²) >= 11 is 13.2. The van der Waals surface area contributed by atoms with Gasteiger partial charge in [-0.15, -0.1) is 0 Å². The zero-order chi connectivity index (χ0) is 14.3. The number of halogens is 2. The molecule has 0 saturated heterocycles. The molecular weight excluding hydrogens is 315 g/mol. The molecule has 0 aliphatic heterocycles. The van der Waals surface area contributed by atoms with Crippen molar-refractivity contribution in [1.29, 1.82) is 0 Å². The van der Waals surface area contributed by atoms with Crippen molar-refractivity contribution in [2.45, 2.75) is 37.0 Å². The highest BCUT2D eigenvalue weighted by molar-refractivity contribution is 8.00. The largest absolute Gasteiger partial charge is 0.330 e. The molecule has 1 heterocycles. The molecule has 3 rings (SSSR count). The maximum absolute atomic E-state index is 13.5. The van der Waals surface area contributed by atoms with Gasteiger partial charge in [0.05, 0.1) is 16.1 Å². The predicted octanol–water partition coefficient (Wildman–Crippen LogP) is 5.17. The van der Waals surface area contributed by atoms with Crippen LogP contribution in [0.2, 0.25) is 5.02 Å². The van der Waals surface area contributed by atoms with Crippen molar-refractivity contribution >= 4 is 46.6 Å². The Hall–Kier alpha value is -0.520. The van der Waals surface area contributed by atoms with Gasteiger partial charge in [0, 0.05) is 17.4 Å². The van der Waals surface area contributed by atoms with Crippen molar-refractivity contribution in [3.63, 3.8) is 0 Å². The summed E-state index contributed by atoms with van der Waals surface area (Å²) < 4.78 is 16.5. The zero-order valence-corrected chi connectivity index (χ0v) is 13.6. The number of thioether (sulfide) groups is 1. The number of imidazole rings is 1. The quantitative estimate of drug-likeness (QED) is 0.784. The molecule has 1 N–H and O–H groups in total. The second-order valence-corrected chi connectivity index (χ2v) is 7.46. The Morgan fingerprint density at radius 1 is 1.45 bits per heavy atom. The summed E-state index contributed by atoms with van der Waals surface area (Å²) in [6.07, 6.45) is 7.11. The van der Waals surface area contributed by atoms with E-state index in [1.165, 1.54) is 31.7 Å². The standard InChI is InChI=1S/C14H16ClFN2S2/c1-20-14(4-2-3-5-14)8-18-12-6-9(15)10(16)7-11(12)17-13(18)19/h6-7H,2-5,8H2,1H3,(H,17,19). The Labute approximate surface area is 131 Å². The minimum absolute atomic E-state index is 0.143. The van der Waals surface area contributed by atoms with Crippen molar-refractivity contribution in [3.05, 3.63) is 27.7 Å². The van der Waals surface area contributed by atoms with Crippen LogP contribution < -0.4 is 0 Å². The Balaban J connectivity index is 2.09. The first-order valence-electron chi connectivity index (χ1n) is 6.67. The Kier molecular flexibility index (Phi) is 3.86. The van der Waals surface area contributed by atoms with Crippen LogP contribution in [0.1, 0.15) is 25.7 Å². The first kappa shape index (κ1) is 14.4. The van der Waals surface area contributed by atoms with E-state index in [0.29, 0.717) is 10.3 Å². The van der Waals surface area contributed by atoms with Gasteiger partial charge in [-0.3, -0.25) is 0 Å². The van der Waals surface area contributed by atoms with Crippen molar-refractivity contribution < 1.29 is 4.39 Å². The molecule has 2 nitrogen and oxygen atoms in total. The molecule has 6 heteroatoms. The second-order valence-electron chi connectivity index (χ2n) is 5.39. The van der Waals surface area contributed by atoms with Gasteiger partial charge in [-0.2, -0.15) is 11.8 Å². The summed E-state index contributed by atoms with van der Waals surface area (Å²) in [6, 6.07) is 3.09. The van der Waals surface area contributed by atoms with Crippen LogP contribution in [0.15, 0.2) is 12.1 Å². The predicted molar refractivity (Wildman–Crippen MR) is 86.8 cm³/mol. The lowest BCUT2D eigenvalue weighted by Crippen LogP contribution is -2.26. The molecule has 1 saturated carbocycles. The first-order valence-corrected chi connectivity index (χ1v) is 8.68. The molecule has 1 aromatic heterocycles. The fraction of sp³-hybridized carbons (Fsp3) is 0.500. The fourth-order valence-electron chi connectivity index (χ4n) is 3.04. The lowest BCUT2D eigenvalue weighted by atomic mass is 10.1. The summed E-state index contributed by atoms with van der Waals surface area (Å²) in [5.74, 6) is -0.414. The molecule has 1 aliphatic rings. The lowest BCUT2D eigenvalue weighted by molar-refractivity contribution is 0.510. The fourth-order valence-corrected chi connectivity index (χ4v) is 4.43. The summed E-state index contributed by atoms with van der Waals surface area (Å²) in [7, 11) is 0.